The smallest absolute Gasteiger partial charge is 0.377 e. The molecule has 1 aromatic rings. The molecule has 2 aliphatic heterocycles. The van der Waals surface area contributed by atoms with E-state index in [0.717, 1.165) is 16.5 Å². The maximum atomic E-state index is 13.3. The molecule has 0 radical (unpaired) electrons. The van der Waals surface area contributed by atoms with Crippen molar-refractivity contribution in [1.82, 2.24) is 9.62 Å². The fourth-order valence-corrected chi connectivity index (χ4v) is 7.84. The Morgan fingerprint density at radius 3 is 2.33 bits per heavy atom. The Balaban J connectivity index is 1.36. The summed E-state index contributed by atoms with van der Waals surface area (Å²) in [6, 6.07) is 3.59. The molecule has 1 aliphatic carbocycles. The van der Waals surface area contributed by atoms with Crippen molar-refractivity contribution < 1.29 is 40.3 Å². The summed E-state index contributed by atoms with van der Waals surface area (Å²) in [7, 11) is -3.81. The lowest BCUT2D eigenvalue weighted by atomic mass is 9.79. The van der Waals surface area contributed by atoms with Gasteiger partial charge in [0.1, 0.15) is 18.0 Å². The minimum absolute atomic E-state index is 0.00903. The zero-order chi connectivity index (χ0) is 33.7. The molecule has 14 heteroatoms. The van der Waals surface area contributed by atoms with Crippen LogP contribution in [0.2, 0.25) is 0 Å². The fraction of sp³-hybridized carbons (Fsp3) is 0.656. The Morgan fingerprint density at radius 2 is 1.76 bits per heavy atom. The van der Waals surface area contributed by atoms with Crippen LogP contribution in [-0.2, 0) is 24.3 Å². The number of amidine groups is 1. The lowest BCUT2D eigenvalue weighted by molar-refractivity contribution is -0.138. The third-order valence-corrected chi connectivity index (χ3v) is 10.9. The second-order valence-corrected chi connectivity index (χ2v) is 14.4. The third kappa shape index (κ3) is 8.94. The number of nitrogens with zero attached hydrogens (tertiary/aromatic N) is 3. The maximum Gasteiger partial charge on any atom is 0.389 e. The van der Waals surface area contributed by atoms with Crippen LogP contribution in [-0.4, -0.2) is 81.6 Å². The molecule has 0 aromatic heterocycles. The predicted molar refractivity (Wildman–Crippen MR) is 169 cm³/mol. The van der Waals surface area contributed by atoms with Gasteiger partial charge in [-0.15, -0.1) is 0 Å². The van der Waals surface area contributed by atoms with Crippen LogP contribution in [0.15, 0.2) is 22.5 Å². The molecule has 0 atom stereocenters. The molecule has 1 saturated heterocycles. The predicted octanol–water partition coefficient (Wildman–Crippen LogP) is 5.45. The minimum atomic E-state index is -4.15. The van der Waals surface area contributed by atoms with Gasteiger partial charge in [0.05, 0.1) is 13.2 Å². The molecule has 2 heterocycles. The van der Waals surface area contributed by atoms with E-state index in [9.17, 15) is 35.6 Å². The van der Waals surface area contributed by atoms with E-state index in [-0.39, 0.29) is 75.8 Å². The number of aryl methyl sites for hydroxylation is 2. The molecular formula is C32H44F4N4O5S. The van der Waals surface area contributed by atoms with Crippen molar-refractivity contribution in [3.8, 4) is 0 Å². The first kappa shape index (κ1) is 36.0. The summed E-state index contributed by atoms with van der Waals surface area (Å²) < 4.78 is 83.3. The van der Waals surface area contributed by atoms with Gasteiger partial charge < -0.3 is 15.0 Å². The van der Waals surface area contributed by atoms with Gasteiger partial charge in [0.2, 0.25) is 15.9 Å². The number of nitrogens with one attached hydrogen (secondary N) is 1. The van der Waals surface area contributed by atoms with Crippen LogP contribution in [0.1, 0.15) is 75.0 Å². The van der Waals surface area contributed by atoms with Gasteiger partial charge in [-0.05, 0) is 99.6 Å². The Bertz CT molecular complexity index is 1410. The van der Waals surface area contributed by atoms with Crippen LogP contribution in [0, 0.1) is 25.7 Å². The second kappa shape index (κ2) is 14.9. The summed E-state index contributed by atoms with van der Waals surface area (Å²) in [6.07, 6.45) is -0.123. The Kier molecular flexibility index (Phi) is 11.7. The molecule has 0 bridgehead atoms. The lowest BCUT2D eigenvalue weighted by Gasteiger charge is -2.34. The molecule has 1 aromatic carbocycles. The highest BCUT2D eigenvalue weighted by Crippen LogP contribution is 2.38. The number of hydrogen-bond donors (Lipinski definition) is 1. The van der Waals surface area contributed by atoms with E-state index in [1.54, 1.807) is 18.2 Å². The molecule has 3 aliphatic rings. The monoisotopic (exact) mass is 672 g/mol. The quantitative estimate of drug-likeness (QED) is 0.235. The van der Waals surface area contributed by atoms with Gasteiger partial charge in [-0.25, -0.2) is 12.8 Å². The Morgan fingerprint density at radius 1 is 1.13 bits per heavy atom. The average molecular weight is 673 g/mol. The average Bonchev–Trinajstić information content (AvgIpc) is 3.30. The van der Waals surface area contributed by atoms with E-state index in [0.29, 0.717) is 42.8 Å². The topological polar surface area (TPSA) is 108 Å². The van der Waals surface area contributed by atoms with Gasteiger partial charge in [-0.2, -0.15) is 17.5 Å². The lowest BCUT2D eigenvalue weighted by Crippen LogP contribution is -2.50. The van der Waals surface area contributed by atoms with E-state index in [4.69, 9.17) is 9.73 Å². The Labute approximate surface area is 268 Å². The SMILES string of the molecule is CC(=O)N(CCOCCF)c1cc(C)c(C=CS(=O)(=O)N2CCC3(CC2)N=C(C2CCC(CCC(F)(F)F)CC2)NC3=O)c(C)c1. The first-order valence-electron chi connectivity index (χ1n) is 15.8. The van der Waals surface area contributed by atoms with Crippen LogP contribution >= 0.6 is 0 Å². The van der Waals surface area contributed by atoms with Crippen LogP contribution in [0.4, 0.5) is 23.2 Å². The van der Waals surface area contributed by atoms with Gasteiger partial charge in [-0.1, -0.05) is 0 Å². The summed E-state index contributed by atoms with van der Waals surface area (Å²) in [5, 5.41) is 4.07. The summed E-state index contributed by atoms with van der Waals surface area (Å²) in [5.41, 5.74) is 1.86. The minimum Gasteiger partial charge on any atom is -0.377 e. The van der Waals surface area contributed by atoms with Crippen molar-refractivity contribution in [2.75, 3.05) is 44.4 Å². The molecule has 2 fully saturated rings. The van der Waals surface area contributed by atoms with Crippen molar-refractivity contribution in [2.24, 2.45) is 16.8 Å². The molecule has 9 nitrogen and oxygen atoms in total. The van der Waals surface area contributed by atoms with Gasteiger partial charge >= 0.3 is 6.18 Å². The first-order valence-corrected chi connectivity index (χ1v) is 17.3. The maximum absolute atomic E-state index is 13.3. The molecule has 2 amide bonds. The zero-order valence-corrected chi connectivity index (χ0v) is 27.5. The third-order valence-electron chi connectivity index (χ3n) is 9.34. The molecule has 1 N–H and O–H groups in total. The summed E-state index contributed by atoms with van der Waals surface area (Å²) >= 11 is 0. The van der Waals surface area contributed by atoms with E-state index in [2.05, 4.69) is 5.32 Å². The fourth-order valence-electron chi connectivity index (χ4n) is 6.67. The van der Waals surface area contributed by atoms with E-state index in [1.807, 2.05) is 13.8 Å². The number of hydrogen-bond acceptors (Lipinski definition) is 6. The number of anilines is 1. The molecule has 0 unspecified atom stereocenters. The van der Waals surface area contributed by atoms with Crippen LogP contribution < -0.4 is 10.2 Å². The number of ether oxygens (including phenoxy) is 1. The van der Waals surface area contributed by atoms with Crippen LogP contribution in [0.3, 0.4) is 0 Å². The number of carbonyl (C=O) groups excluding carboxylic acids is 2. The number of rotatable bonds is 12. The van der Waals surface area contributed by atoms with Gasteiger partial charge in [0, 0.05) is 50.0 Å². The Hall–Kier alpha value is -2.84. The molecule has 46 heavy (non-hydrogen) atoms. The van der Waals surface area contributed by atoms with Crippen molar-refractivity contribution in [1.29, 1.82) is 0 Å². The summed E-state index contributed by atoms with van der Waals surface area (Å²) in [6.45, 7) is 5.12. The van der Waals surface area contributed by atoms with E-state index in [1.165, 1.54) is 16.1 Å². The van der Waals surface area contributed by atoms with E-state index < -0.39 is 34.8 Å². The zero-order valence-electron chi connectivity index (χ0n) is 26.7. The van der Waals surface area contributed by atoms with Crippen molar-refractivity contribution in [3.63, 3.8) is 0 Å². The van der Waals surface area contributed by atoms with Gasteiger partial charge in [0.25, 0.3) is 5.91 Å². The normalized spacial score (nSPS) is 22.3. The molecule has 256 valence electrons. The highest BCUT2D eigenvalue weighted by molar-refractivity contribution is 7.92. The molecule has 4 rings (SSSR count). The van der Waals surface area contributed by atoms with Crippen molar-refractivity contribution in [3.05, 3.63) is 34.2 Å². The van der Waals surface area contributed by atoms with Crippen LogP contribution in [0.25, 0.3) is 6.08 Å². The molecule has 1 spiro atoms. The molecule has 1 saturated carbocycles. The number of halogens is 4. The number of aliphatic imine (C=N–C) groups is 1. The van der Waals surface area contributed by atoms with E-state index >= 15 is 0 Å². The van der Waals surface area contributed by atoms with Crippen molar-refractivity contribution in [2.45, 2.75) is 83.9 Å². The van der Waals surface area contributed by atoms with Crippen molar-refractivity contribution >= 4 is 39.4 Å². The summed E-state index contributed by atoms with van der Waals surface area (Å²) in [5.74, 6) is 0.155. The standard InChI is InChI=1S/C32H44F4N4O5S/c1-22-20-27(40(24(3)41)16-18-45-17-13-33)21-23(2)28(22)9-19-46(43,44)39-14-11-31(12-15-39)30(42)37-29(38-31)26-6-4-25(5-7-26)8-10-32(34,35)36/h9,19-21,25-26H,4-8,10-18H2,1-3H3,(H,37,38,42). The number of alkyl halides is 4. The number of carbonyl (C=O) groups is 2. The first-order chi connectivity index (χ1) is 21.6. The second-order valence-electron chi connectivity index (χ2n) is 12.6. The summed E-state index contributed by atoms with van der Waals surface area (Å²) in [4.78, 5) is 31.6. The van der Waals surface area contributed by atoms with Gasteiger partial charge in [-0.3, -0.25) is 14.6 Å². The molecular weight excluding hydrogens is 628 g/mol. The number of sulfonamides is 1. The highest BCUT2D eigenvalue weighted by atomic mass is 32.2. The van der Waals surface area contributed by atoms with Gasteiger partial charge in [0.15, 0.2) is 0 Å². The highest BCUT2D eigenvalue weighted by Gasteiger charge is 2.48. The number of amides is 2. The number of benzene rings is 1. The van der Waals surface area contributed by atoms with Crippen LogP contribution in [0.5, 0.6) is 0 Å². The number of piperidine rings is 1. The largest absolute Gasteiger partial charge is 0.389 e.